The molecule has 4 rings (SSSR count). The van der Waals surface area contributed by atoms with E-state index < -0.39 is 12.0 Å². The Morgan fingerprint density at radius 3 is 2.75 bits per heavy atom. The number of benzene rings is 1. The third kappa shape index (κ3) is 2.86. The van der Waals surface area contributed by atoms with Gasteiger partial charge >= 0.3 is 5.97 Å². The Balaban J connectivity index is 1.75. The number of aromatic nitrogens is 2. The van der Waals surface area contributed by atoms with Gasteiger partial charge in [-0.3, -0.25) is 10.1 Å². The molecule has 0 saturated carbocycles. The Morgan fingerprint density at radius 1 is 1.25 bits per heavy atom. The number of thioether (sulfide) groups is 1. The predicted octanol–water partition coefficient (Wildman–Crippen LogP) is 3.39. The van der Waals surface area contributed by atoms with Gasteiger partial charge in [-0.2, -0.15) is 5.10 Å². The van der Waals surface area contributed by atoms with Gasteiger partial charge in [-0.1, -0.05) is 24.3 Å². The van der Waals surface area contributed by atoms with Crippen molar-refractivity contribution in [2.75, 3.05) is 5.75 Å². The second-order valence-corrected chi connectivity index (χ2v) is 7.55. The fourth-order valence-corrected chi connectivity index (χ4v) is 4.66. The van der Waals surface area contributed by atoms with E-state index in [0.29, 0.717) is 5.75 Å². The van der Waals surface area contributed by atoms with E-state index in [1.807, 2.05) is 58.7 Å². The summed E-state index contributed by atoms with van der Waals surface area (Å²) in [6.45, 7) is 0. The number of aliphatic carboxylic acids is 1. The fraction of sp³-hybridized carbons (Fsp3) is 0.176. The van der Waals surface area contributed by atoms with E-state index in [1.54, 1.807) is 23.1 Å². The van der Waals surface area contributed by atoms with Crippen LogP contribution in [0.1, 0.15) is 10.9 Å². The predicted molar refractivity (Wildman–Crippen MR) is 96.6 cm³/mol. The normalized spacial score (nSPS) is 20.3. The maximum absolute atomic E-state index is 11.2. The van der Waals surface area contributed by atoms with Crippen LogP contribution in [0.2, 0.25) is 0 Å². The highest BCUT2D eigenvalue weighted by Gasteiger charge is 2.33. The molecule has 1 aliphatic heterocycles. The summed E-state index contributed by atoms with van der Waals surface area (Å²) in [6, 6.07) is 13.5. The van der Waals surface area contributed by atoms with Crippen molar-refractivity contribution in [3.05, 3.63) is 59.6 Å². The molecular weight excluding hydrogens is 342 g/mol. The number of carboxylic acids is 1. The van der Waals surface area contributed by atoms with Gasteiger partial charge in [0.2, 0.25) is 0 Å². The van der Waals surface area contributed by atoms with Crippen LogP contribution in [0.25, 0.3) is 16.3 Å². The minimum Gasteiger partial charge on any atom is -0.480 e. The molecule has 1 aliphatic rings. The standard InChI is InChI=1S/C17H15N3O2S2/c21-17(22)13-10-24-16(18-13)12-9-20(11-5-2-1-3-6-11)19-15(12)14-7-4-8-23-14/h1-9,13,16,18H,10H2,(H,21,22). The highest BCUT2D eigenvalue weighted by Crippen LogP contribution is 2.39. The first-order chi connectivity index (χ1) is 11.7. The lowest BCUT2D eigenvalue weighted by atomic mass is 10.2. The molecule has 3 aromatic rings. The molecule has 7 heteroatoms. The topological polar surface area (TPSA) is 67.1 Å². The van der Waals surface area contributed by atoms with E-state index in [4.69, 9.17) is 5.10 Å². The molecule has 0 spiro atoms. The molecule has 2 N–H and O–H groups in total. The highest BCUT2D eigenvalue weighted by molar-refractivity contribution is 7.99. The monoisotopic (exact) mass is 357 g/mol. The van der Waals surface area contributed by atoms with E-state index in [0.717, 1.165) is 21.8 Å². The Morgan fingerprint density at radius 2 is 2.08 bits per heavy atom. The van der Waals surface area contributed by atoms with Gasteiger partial charge in [-0.15, -0.1) is 23.1 Å². The van der Waals surface area contributed by atoms with E-state index in [2.05, 4.69) is 5.32 Å². The number of nitrogens with zero attached hydrogens (tertiary/aromatic N) is 2. The zero-order valence-corrected chi connectivity index (χ0v) is 14.3. The van der Waals surface area contributed by atoms with Gasteiger partial charge in [-0.05, 0) is 23.6 Å². The lowest BCUT2D eigenvalue weighted by Gasteiger charge is -2.10. The third-order valence-corrected chi connectivity index (χ3v) is 6.01. The van der Waals surface area contributed by atoms with Gasteiger partial charge in [0.25, 0.3) is 0 Å². The van der Waals surface area contributed by atoms with E-state index >= 15 is 0 Å². The third-order valence-electron chi connectivity index (χ3n) is 3.88. The Hall–Kier alpha value is -2.09. The molecular formula is C17H15N3O2S2. The minimum atomic E-state index is -0.807. The molecule has 0 amide bonds. The molecule has 0 bridgehead atoms. The van der Waals surface area contributed by atoms with Crippen molar-refractivity contribution in [3.63, 3.8) is 0 Å². The number of carboxylic acid groups (broad SMARTS) is 1. The van der Waals surface area contributed by atoms with Crippen LogP contribution < -0.4 is 5.32 Å². The van der Waals surface area contributed by atoms with Gasteiger partial charge in [0, 0.05) is 17.5 Å². The molecule has 2 atom stereocenters. The molecule has 2 aromatic heterocycles. The molecule has 3 heterocycles. The molecule has 1 saturated heterocycles. The van der Waals surface area contributed by atoms with Crippen LogP contribution in [0.5, 0.6) is 0 Å². The van der Waals surface area contributed by atoms with E-state index in [9.17, 15) is 9.90 Å². The molecule has 1 aromatic carbocycles. The fourth-order valence-electron chi connectivity index (χ4n) is 2.69. The van der Waals surface area contributed by atoms with Crippen LogP contribution in [0.15, 0.2) is 54.0 Å². The smallest absolute Gasteiger partial charge is 0.321 e. The van der Waals surface area contributed by atoms with Crippen LogP contribution >= 0.6 is 23.1 Å². The molecule has 0 radical (unpaired) electrons. The zero-order chi connectivity index (χ0) is 16.5. The van der Waals surface area contributed by atoms with Crippen molar-refractivity contribution >= 4 is 29.1 Å². The zero-order valence-electron chi connectivity index (χ0n) is 12.6. The van der Waals surface area contributed by atoms with Crippen LogP contribution in [0, 0.1) is 0 Å². The molecule has 5 nitrogen and oxygen atoms in total. The summed E-state index contributed by atoms with van der Waals surface area (Å²) < 4.78 is 1.86. The van der Waals surface area contributed by atoms with Gasteiger partial charge in [-0.25, -0.2) is 4.68 Å². The van der Waals surface area contributed by atoms with Gasteiger partial charge in [0.15, 0.2) is 0 Å². The lowest BCUT2D eigenvalue weighted by Crippen LogP contribution is -2.33. The second kappa shape index (κ2) is 6.43. The molecule has 0 aliphatic carbocycles. The van der Waals surface area contributed by atoms with Crippen molar-refractivity contribution in [1.29, 1.82) is 0 Å². The molecule has 1 fully saturated rings. The summed E-state index contributed by atoms with van der Waals surface area (Å²) in [5.74, 6) is -0.251. The number of rotatable bonds is 4. The summed E-state index contributed by atoms with van der Waals surface area (Å²) in [5.41, 5.74) is 2.92. The average molecular weight is 357 g/mol. The van der Waals surface area contributed by atoms with E-state index in [-0.39, 0.29) is 5.37 Å². The van der Waals surface area contributed by atoms with Crippen molar-refractivity contribution in [2.45, 2.75) is 11.4 Å². The first-order valence-electron chi connectivity index (χ1n) is 7.51. The number of hydrogen-bond acceptors (Lipinski definition) is 5. The maximum Gasteiger partial charge on any atom is 0.321 e. The highest BCUT2D eigenvalue weighted by atomic mass is 32.2. The quantitative estimate of drug-likeness (QED) is 0.749. The summed E-state index contributed by atoms with van der Waals surface area (Å²) in [7, 11) is 0. The number of hydrogen-bond donors (Lipinski definition) is 2. The van der Waals surface area contributed by atoms with Crippen molar-refractivity contribution < 1.29 is 9.90 Å². The van der Waals surface area contributed by atoms with Gasteiger partial charge in [0.1, 0.15) is 11.7 Å². The SMILES string of the molecule is O=C(O)C1CSC(c2cn(-c3ccccc3)nc2-c2cccs2)N1. The van der Waals surface area contributed by atoms with Crippen molar-refractivity contribution in [1.82, 2.24) is 15.1 Å². The van der Waals surface area contributed by atoms with Crippen LogP contribution in [-0.2, 0) is 4.79 Å². The lowest BCUT2D eigenvalue weighted by molar-refractivity contribution is -0.138. The number of para-hydroxylation sites is 1. The van der Waals surface area contributed by atoms with Crippen LogP contribution in [0.3, 0.4) is 0 Å². The Bertz CT molecular complexity index is 846. The van der Waals surface area contributed by atoms with Gasteiger partial charge in [0.05, 0.1) is 15.9 Å². The first kappa shape index (κ1) is 15.4. The number of carbonyl (C=O) groups is 1. The van der Waals surface area contributed by atoms with Crippen molar-refractivity contribution in [3.8, 4) is 16.3 Å². The van der Waals surface area contributed by atoms with E-state index in [1.165, 1.54) is 0 Å². The summed E-state index contributed by atoms with van der Waals surface area (Å²) in [6.07, 6.45) is 2.00. The maximum atomic E-state index is 11.2. The summed E-state index contributed by atoms with van der Waals surface area (Å²) >= 11 is 3.25. The Kier molecular flexibility index (Phi) is 4.13. The van der Waals surface area contributed by atoms with Crippen molar-refractivity contribution in [2.24, 2.45) is 0 Å². The molecule has 122 valence electrons. The minimum absolute atomic E-state index is 0.0688. The van der Waals surface area contributed by atoms with Crippen LogP contribution in [0.4, 0.5) is 0 Å². The first-order valence-corrected chi connectivity index (χ1v) is 9.44. The average Bonchev–Trinajstić information content (AvgIpc) is 3.33. The molecule has 24 heavy (non-hydrogen) atoms. The number of nitrogens with one attached hydrogen (secondary N) is 1. The summed E-state index contributed by atoms with van der Waals surface area (Å²) in [4.78, 5) is 12.3. The second-order valence-electron chi connectivity index (χ2n) is 5.46. The van der Waals surface area contributed by atoms with Gasteiger partial charge < -0.3 is 5.11 Å². The molecule has 2 unspecified atom stereocenters. The number of thiophene rings is 1. The largest absolute Gasteiger partial charge is 0.480 e. The summed E-state index contributed by atoms with van der Waals surface area (Å²) in [5, 5.41) is 19.1. The Labute approximate surface area is 147 Å². The van der Waals surface area contributed by atoms with Crippen LogP contribution in [-0.4, -0.2) is 32.7 Å².